The third-order valence-corrected chi connectivity index (χ3v) is 4.07. The minimum atomic E-state index is -0.257. The first-order chi connectivity index (χ1) is 12.6. The lowest BCUT2D eigenvalue weighted by Crippen LogP contribution is -2.27. The van der Waals surface area contributed by atoms with Crippen molar-refractivity contribution >= 4 is 28.4 Å². The molecule has 3 N–H and O–H groups in total. The van der Waals surface area contributed by atoms with E-state index >= 15 is 0 Å². The summed E-state index contributed by atoms with van der Waals surface area (Å²) >= 11 is 0. The number of para-hydroxylation sites is 1. The molecule has 0 saturated heterocycles. The lowest BCUT2D eigenvalue weighted by molar-refractivity contribution is -0.120. The highest BCUT2D eigenvalue weighted by Gasteiger charge is 2.05. The molecule has 26 heavy (non-hydrogen) atoms. The van der Waals surface area contributed by atoms with Crippen LogP contribution in [0.1, 0.15) is 11.3 Å². The van der Waals surface area contributed by atoms with Gasteiger partial charge >= 0.3 is 0 Å². The average molecular weight is 347 g/mol. The van der Waals surface area contributed by atoms with Gasteiger partial charge in [0, 0.05) is 29.9 Å². The molecule has 0 aliphatic heterocycles. The SMILES string of the molecule is C=CC(=O)Nc1ccc(CC(=O)NCCc2cc3ccccc3[nH]2)cc1. The van der Waals surface area contributed by atoms with Gasteiger partial charge in [-0.2, -0.15) is 0 Å². The number of carbonyl (C=O) groups excluding carboxylic acids is 2. The van der Waals surface area contributed by atoms with Crippen LogP contribution in [0.2, 0.25) is 0 Å². The largest absolute Gasteiger partial charge is 0.358 e. The molecule has 0 saturated carbocycles. The van der Waals surface area contributed by atoms with Gasteiger partial charge in [-0.3, -0.25) is 9.59 Å². The molecule has 0 aliphatic carbocycles. The molecular formula is C21H21N3O2. The third-order valence-electron chi connectivity index (χ3n) is 4.07. The Morgan fingerprint density at radius 2 is 1.85 bits per heavy atom. The average Bonchev–Trinajstić information content (AvgIpc) is 3.06. The van der Waals surface area contributed by atoms with Gasteiger partial charge in [-0.05, 0) is 41.3 Å². The summed E-state index contributed by atoms with van der Waals surface area (Å²) in [4.78, 5) is 26.7. The van der Waals surface area contributed by atoms with E-state index in [2.05, 4.69) is 34.3 Å². The standard InChI is InChI=1S/C21H21N3O2/c1-2-20(25)24-17-9-7-15(8-10-17)13-21(26)22-12-11-18-14-16-5-3-4-6-19(16)23-18/h2-10,14,23H,1,11-13H2,(H,22,26)(H,24,25). The molecule has 1 heterocycles. The number of hydrogen-bond acceptors (Lipinski definition) is 2. The van der Waals surface area contributed by atoms with Crippen molar-refractivity contribution in [2.45, 2.75) is 12.8 Å². The first kappa shape index (κ1) is 17.5. The lowest BCUT2D eigenvalue weighted by atomic mass is 10.1. The second-order valence-corrected chi connectivity index (χ2v) is 6.05. The molecule has 2 amide bonds. The van der Waals surface area contributed by atoms with Gasteiger partial charge in [-0.25, -0.2) is 0 Å². The lowest BCUT2D eigenvalue weighted by Gasteiger charge is -2.06. The Balaban J connectivity index is 1.46. The van der Waals surface area contributed by atoms with Gasteiger partial charge in [0.2, 0.25) is 11.8 Å². The number of aromatic amines is 1. The molecule has 5 heteroatoms. The van der Waals surface area contributed by atoms with Gasteiger partial charge in [-0.15, -0.1) is 0 Å². The summed E-state index contributed by atoms with van der Waals surface area (Å²) in [6.07, 6.45) is 2.28. The zero-order chi connectivity index (χ0) is 18.4. The van der Waals surface area contributed by atoms with E-state index in [4.69, 9.17) is 0 Å². The van der Waals surface area contributed by atoms with Crippen molar-refractivity contribution in [3.05, 3.63) is 78.5 Å². The van der Waals surface area contributed by atoms with E-state index in [0.717, 1.165) is 23.2 Å². The molecule has 0 radical (unpaired) electrons. The maximum Gasteiger partial charge on any atom is 0.247 e. The number of rotatable bonds is 7. The van der Waals surface area contributed by atoms with Crippen LogP contribution in [0.4, 0.5) is 5.69 Å². The summed E-state index contributed by atoms with van der Waals surface area (Å²) in [6.45, 7) is 3.99. The predicted octanol–water partition coefficient (Wildman–Crippen LogP) is 3.19. The fraction of sp³-hybridized carbons (Fsp3) is 0.143. The monoisotopic (exact) mass is 347 g/mol. The maximum absolute atomic E-state index is 12.1. The van der Waals surface area contributed by atoms with Crippen LogP contribution in [0.25, 0.3) is 10.9 Å². The number of hydrogen-bond donors (Lipinski definition) is 3. The van der Waals surface area contributed by atoms with Crippen molar-refractivity contribution in [3.63, 3.8) is 0 Å². The summed E-state index contributed by atoms with van der Waals surface area (Å²) in [5.74, 6) is -0.281. The predicted molar refractivity (Wildman–Crippen MR) is 104 cm³/mol. The fourth-order valence-corrected chi connectivity index (χ4v) is 2.75. The molecule has 5 nitrogen and oxygen atoms in total. The van der Waals surface area contributed by atoms with Gasteiger partial charge < -0.3 is 15.6 Å². The number of H-pyrrole nitrogens is 1. The molecule has 2 aromatic carbocycles. The second kappa shape index (κ2) is 8.16. The Morgan fingerprint density at radius 3 is 2.58 bits per heavy atom. The molecule has 0 spiro atoms. The van der Waals surface area contributed by atoms with Crippen LogP contribution >= 0.6 is 0 Å². The van der Waals surface area contributed by atoms with Gasteiger partial charge in [-0.1, -0.05) is 36.9 Å². The Kier molecular flexibility index (Phi) is 5.49. The summed E-state index contributed by atoms with van der Waals surface area (Å²) in [6, 6.07) is 17.4. The van der Waals surface area contributed by atoms with Crippen molar-refractivity contribution in [1.82, 2.24) is 10.3 Å². The topological polar surface area (TPSA) is 74.0 Å². The Hall–Kier alpha value is -3.34. The summed E-state index contributed by atoms with van der Waals surface area (Å²) in [7, 11) is 0. The fourth-order valence-electron chi connectivity index (χ4n) is 2.75. The molecule has 132 valence electrons. The maximum atomic E-state index is 12.1. The number of aromatic nitrogens is 1. The van der Waals surface area contributed by atoms with Crippen molar-refractivity contribution in [3.8, 4) is 0 Å². The van der Waals surface area contributed by atoms with Crippen LogP contribution in [0.5, 0.6) is 0 Å². The minimum Gasteiger partial charge on any atom is -0.358 e. The van der Waals surface area contributed by atoms with Gasteiger partial charge in [0.05, 0.1) is 6.42 Å². The molecule has 3 rings (SSSR count). The molecule has 0 aliphatic rings. The van der Waals surface area contributed by atoms with Gasteiger partial charge in [0.1, 0.15) is 0 Å². The number of amides is 2. The first-order valence-electron chi connectivity index (χ1n) is 8.50. The van der Waals surface area contributed by atoms with Crippen molar-refractivity contribution in [2.24, 2.45) is 0 Å². The van der Waals surface area contributed by atoms with Crippen LogP contribution in [0.3, 0.4) is 0 Å². The Morgan fingerprint density at radius 1 is 1.08 bits per heavy atom. The van der Waals surface area contributed by atoms with Crippen molar-refractivity contribution < 1.29 is 9.59 Å². The third kappa shape index (κ3) is 4.60. The molecule has 0 unspecified atom stereocenters. The van der Waals surface area contributed by atoms with E-state index in [1.165, 1.54) is 11.5 Å². The quantitative estimate of drug-likeness (QED) is 0.574. The Labute approximate surface area is 152 Å². The van der Waals surface area contributed by atoms with E-state index in [-0.39, 0.29) is 11.8 Å². The molecule has 0 bridgehead atoms. The Bertz CT molecular complexity index is 893. The van der Waals surface area contributed by atoms with Crippen LogP contribution in [0.15, 0.2) is 67.3 Å². The van der Waals surface area contributed by atoms with E-state index in [1.54, 1.807) is 12.1 Å². The van der Waals surface area contributed by atoms with Crippen molar-refractivity contribution in [2.75, 3.05) is 11.9 Å². The number of nitrogens with one attached hydrogen (secondary N) is 3. The number of anilines is 1. The molecule has 0 fully saturated rings. The molecule has 0 atom stereocenters. The van der Waals surface area contributed by atoms with E-state index in [9.17, 15) is 9.59 Å². The van der Waals surface area contributed by atoms with E-state index < -0.39 is 0 Å². The summed E-state index contributed by atoms with van der Waals surface area (Å²) < 4.78 is 0. The van der Waals surface area contributed by atoms with Crippen LogP contribution in [0, 0.1) is 0 Å². The second-order valence-electron chi connectivity index (χ2n) is 6.05. The zero-order valence-electron chi connectivity index (χ0n) is 14.4. The summed E-state index contributed by atoms with van der Waals surface area (Å²) in [5, 5.41) is 6.79. The van der Waals surface area contributed by atoms with Crippen molar-refractivity contribution in [1.29, 1.82) is 0 Å². The van der Waals surface area contributed by atoms with E-state index in [1.807, 2.05) is 30.3 Å². The van der Waals surface area contributed by atoms with Gasteiger partial charge in [0.25, 0.3) is 0 Å². The number of fused-ring (bicyclic) bond motifs is 1. The van der Waals surface area contributed by atoms with Crippen LogP contribution < -0.4 is 10.6 Å². The highest BCUT2D eigenvalue weighted by atomic mass is 16.2. The van der Waals surface area contributed by atoms with Crippen LogP contribution in [-0.4, -0.2) is 23.3 Å². The highest BCUT2D eigenvalue weighted by molar-refractivity contribution is 5.98. The van der Waals surface area contributed by atoms with E-state index in [0.29, 0.717) is 18.7 Å². The molecular weight excluding hydrogens is 326 g/mol. The normalized spacial score (nSPS) is 10.5. The van der Waals surface area contributed by atoms with Crippen LogP contribution in [-0.2, 0) is 22.4 Å². The number of benzene rings is 2. The summed E-state index contributed by atoms with van der Waals surface area (Å²) in [5.41, 5.74) is 3.79. The highest BCUT2D eigenvalue weighted by Crippen LogP contribution is 2.14. The van der Waals surface area contributed by atoms with Gasteiger partial charge in [0.15, 0.2) is 0 Å². The molecule has 3 aromatic rings. The number of carbonyl (C=O) groups is 2. The molecule has 1 aromatic heterocycles. The first-order valence-corrected chi connectivity index (χ1v) is 8.50. The smallest absolute Gasteiger partial charge is 0.247 e. The zero-order valence-corrected chi connectivity index (χ0v) is 14.4. The minimum absolute atomic E-state index is 0.0241.